The highest BCUT2D eigenvalue weighted by atomic mass is 16.3. The smallest absolute Gasteiger partial charge is 0.123 e. The number of phenolic OH excluding ortho intramolecular Hbond substituents is 1. The van der Waals surface area contributed by atoms with Crippen molar-refractivity contribution in [2.75, 3.05) is 0 Å². The molecule has 0 radical (unpaired) electrons. The first-order valence-electron chi connectivity index (χ1n) is 9.11. The first-order chi connectivity index (χ1) is 11.5. The van der Waals surface area contributed by atoms with Crippen molar-refractivity contribution in [2.24, 2.45) is 0 Å². The fourth-order valence-electron chi connectivity index (χ4n) is 3.00. The number of aryl methyl sites for hydroxylation is 1. The normalized spacial score (nSPS) is 12.4. The van der Waals surface area contributed by atoms with E-state index in [4.69, 9.17) is 0 Å². The number of phenols is 1. The number of hydrogen-bond acceptors (Lipinski definition) is 2. The molecule has 0 saturated carbocycles. The molecule has 2 rings (SSSR count). The van der Waals surface area contributed by atoms with Crippen molar-refractivity contribution in [2.45, 2.75) is 72.4 Å². The summed E-state index contributed by atoms with van der Waals surface area (Å²) in [5, 5.41) is 14.3. The second kappa shape index (κ2) is 7.21. The number of nitrogens with one attached hydrogen (secondary N) is 1. The van der Waals surface area contributed by atoms with Gasteiger partial charge in [-0.3, -0.25) is 0 Å². The lowest BCUT2D eigenvalue weighted by Gasteiger charge is -2.28. The summed E-state index contributed by atoms with van der Waals surface area (Å²) in [5.74, 6) is 0.447. The third kappa shape index (κ3) is 5.09. The monoisotopic (exact) mass is 339 g/mol. The molecule has 0 spiro atoms. The summed E-state index contributed by atoms with van der Waals surface area (Å²) < 4.78 is 0. The molecule has 0 fully saturated rings. The molecule has 136 valence electrons. The summed E-state index contributed by atoms with van der Waals surface area (Å²) in [4.78, 5) is 0. The molecule has 2 nitrogen and oxygen atoms in total. The molecule has 2 heteroatoms. The summed E-state index contributed by atoms with van der Waals surface area (Å²) in [5.41, 5.74) is 5.66. The Morgan fingerprint density at radius 1 is 0.760 bits per heavy atom. The Hall–Kier alpha value is -1.80. The van der Waals surface area contributed by atoms with Crippen LogP contribution in [0.5, 0.6) is 5.75 Å². The summed E-state index contributed by atoms with van der Waals surface area (Å²) in [6, 6.07) is 12.9. The van der Waals surface area contributed by atoms with Crippen LogP contribution in [0.1, 0.15) is 69.4 Å². The first kappa shape index (κ1) is 19.5. The highest BCUT2D eigenvalue weighted by Crippen LogP contribution is 2.39. The van der Waals surface area contributed by atoms with Crippen LogP contribution >= 0.6 is 0 Å². The Morgan fingerprint density at radius 3 is 1.64 bits per heavy atom. The lowest BCUT2D eigenvalue weighted by molar-refractivity contribution is 0.422. The van der Waals surface area contributed by atoms with Crippen molar-refractivity contribution in [3.05, 3.63) is 64.2 Å². The van der Waals surface area contributed by atoms with E-state index in [2.05, 4.69) is 90.2 Å². The van der Waals surface area contributed by atoms with Crippen LogP contribution in [0.15, 0.2) is 36.4 Å². The van der Waals surface area contributed by atoms with Crippen molar-refractivity contribution in [1.82, 2.24) is 5.32 Å². The molecule has 0 saturated heterocycles. The predicted molar refractivity (Wildman–Crippen MR) is 107 cm³/mol. The van der Waals surface area contributed by atoms with Crippen LogP contribution in [0, 0.1) is 6.92 Å². The maximum absolute atomic E-state index is 10.8. The van der Waals surface area contributed by atoms with E-state index in [-0.39, 0.29) is 10.8 Å². The van der Waals surface area contributed by atoms with Gasteiger partial charge in [0.2, 0.25) is 0 Å². The van der Waals surface area contributed by atoms with Crippen molar-refractivity contribution in [3.8, 4) is 5.75 Å². The summed E-state index contributed by atoms with van der Waals surface area (Å²) >= 11 is 0. The fourth-order valence-corrected chi connectivity index (χ4v) is 3.00. The van der Waals surface area contributed by atoms with E-state index in [9.17, 15) is 5.11 Å². The van der Waals surface area contributed by atoms with Crippen LogP contribution < -0.4 is 5.32 Å². The van der Waals surface area contributed by atoms with E-state index in [1.54, 1.807) is 0 Å². The molecule has 0 aliphatic rings. The van der Waals surface area contributed by atoms with Gasteiger partial charge in [-0.15, -0.1) is 0 Å². The third-order valence-electron chi connectivity index (χ3n) is 4.56. The van der Waals surface area contributed by atoms with E-state index >= 15 is 0 Å². The van der Waals surface area contributed by atoms with Gasteiger partial charge in [0.25, 0.3) is 0 Å². The van der Waals surface area contributed by atoms with Crippen LogP contribution in [0.25, 0.3) is 0 Å². The van der Waals surface area contributed by atoms with Gasteiger partial charge in [0.15, 0.2) is 0 Å². The zero-order valence-electron chi connectivity index (χ0n) is 16.8. The van der Waals surface area contributed by atoms with Crippen LogP contribution in [0.2, 0.25) is 0 Å². The van der Waals surface area contributed by atoms with E-state index < -0.39 is 0 Å². The Labute approximate surface area is 153 Å². The van der Waals surface area contributed by atoms with Gasteiger partial charge >= 0.3 is 0 Å². The Bertz CT molecular complexity index is 680. The molecular formula is C23H33NO. The fraction of sp³-hybridized carbons (Fsp3) is 0.478. The second-order valence-corrected chi connectivity index (χ2v) is 9.13. The molecule has 25 heavy (non-hydrogen) atoms. The number of benzene rings is 2. The highest BCUT2D eigenvalue weighted by Gasteiger charge is 2.26. The molecule has 2 aromatic carbocycles. The summed E-state index contributed by atoms with van der Waals surface area (Å²) in [6.07, 6.45) is 0. The molecule has 0 amide bonds. The highest BCUT2D eigenvalue weighted by molar-refractivity contribution is 5.49. The van der Waals surface area contributed by atoms with E-state index in [1.807, 2.05) is 0 Å². The minimum absolute atomic E-state index is 0.0863. The van der Waals surface area contributed by atoms with Crippen LogP contribution in [0.3, 0.4) is 0 Å². The Morgan fingerprint density at radius 2 is 1.20 bits per heavy atom. The molecule has 2 N–H and O–H groups in total. The first-order valence-corrected chi connectivity index (χ1v) is 9.11. The zero-order valence-corrected chi connectivity index (χ0v) is 16.8. The largest absolute Gasteiger partial charge is 0.507 e. The second-order valence-electron chi connectivity index (χ2n) is 9.13. The number of aromatic hydroxyl groups is 1. The van der Waals surface area contributed by atoms with Crippen molar-refractivity contribution in [3.63, 3.8) is 0 Å². The molecule has 0 aliphatic carbocycles. The van der Waals surface area contributed by atoms with Crippen LogP contribution in [0.4, 0.5) is 0 Å². The van der Waals surface area contributed by atoms with Gasteiger partial charge in [-0.2, -0.15) is 0 Å². The standard InChI is InChI=1S/C23H33NO/c1-16-8-10-17(11-9-16)14-24-15-18-12-19(22(2,3)4)21(25)20(13-18)23(5,6)7/h8-13,24-25H,14-15H2,1-7H3. The maximum atomic E-state index is 10.8. The van der Waals surface area contributed by atoms with Crippen LogP contribution in [-0.4, -0.2) is 5.11 Å². The van der Waals surface area contributed by atoms with E-state index in [0.717, 1.165) is 24.2 Å². The molecule has 0 bridgehead atoms. The minimum atomic E-state index is -0.0863. The van der Waals surface area contributed by atoms with Crippen LogP contribution in [-0.2, 0) is 23.9 Å². The average Bonchev–Trinajstić information content (AvgIpc) is 2.48. The maximum Gasteiger partial charge on any atom is 0.123 e. The number of rotatable bonds is 4. The van der Waals surface area contributed by atoms with Gasteiger partial charge in [0.1, 0.15) is 5.75 Å². The van der Waals surface area contributed by atoms with Gasteiger partial charge in [-0.1, -0.05) is 83.5 Å². The minimum Gasteiger partial charge on any atom is -0.507 e. The van der Waals surface area contributed by atoms with Gasteiger partial charge < -0.3 is 10.4 Å². The average molecular weight is 340 g/mol. The SMILES string of the molecule is Cc1ccc(CNCc2cc(C(C)(C)C)c(O)c(C(C)(C)C)c2)cc1. The van der Waals surface area contributed by atoms with Gasteiger partial charge in [-0.25, -0.2) is 0 Å². The molecule has 0 aromatic heterocycles. The number of hydrogen-bond donors (Lipinski definition) is 2. The Kier molecular flexibility index (Phi) is 5.63. The summed E-state index contributed by atoms with van der Waals surface area (Å²) in [6.45, 7) is 16.6. The van der Waals surface area contributed by atoms with Gasteiger partial charge in [0.05, 0.1) is 0 Å². The Balaban J connectivity index is 2.23. The molecule has 0 aliphatic heterocycles. The quantitative estimate of drug-likeness (QED) is 0.761. The van der Waals surface area contributed by atoms with Gasteiger partial charge in [0, 0.05) is 13.1 Å². The molecular weight excluding hydrogens is 306 g/mol. The zero-order chi connectivity index (χ0) is 18.8. The van der Waals surface area contributed by atoms with E-state index in [0.29, 0.717) is 5.75 Å². The lowest BCUT2D eigenvalue weighted by Crippen LogP contribution is -2.19. The summed E-state index contributed by atoms with van der Waals surface area (Å²) in [7, 11) is 0. The van der Waals surface area contributed by atoms with E-state index in [1.165, 1.54) is 16.7 Å². The molecule has 2 aromatic rings. The van der Waals surface area contributed by atoms with Crippen molar-refractivity contribution < 1.29 is 5.11 Å². The van der Waals surface area contributed by atoms with Crippen molar-refractivity contribution in [1.29, 1.82) is 0 Å². The topological polar surface area (TPSA) is 32.3 Å². The van der Waals surface area contributed by atoms with Crippen molar-refractivity contribution >= 4 is 0 Å². The lowest BCUT2D eigenvalue weighted by atomic mass is 9.78. The third-order valence-corrected chi connectivity index (χ3v) is 4.56. The molecule has 0 heterocycles. The molecule has 0 unspecified atom stereocenters. The predicted octanol–water partition coefficient (Wildman–Crippen LogP) is 5.59. The van der Waals surface area contributed by atoms with Gasteiger partial charge in [-0.05, 0) is 40.0 Å². The molecule has 0 atom stereocenters.